The molecule has 0 unspecified atom stereocenters. The Labute approximate surface area is 156 Å². The Hall–Kier alpha value is -2.19. The van der Waals surface area contributed by atoms with Crippen molar-refractivity contribution in [1.82, 2.24) is 20.3 Å². The van der Waals surface area contributed by atoms with E-state index in [4.69, 9.17) is 4.52 Å². The average Bonchev–Trinajstić information content (AvgIpc) is 3.28. The van der Waals surface area contributed by atoms with Crippen molar-refractivity contribution in [2.75, 3.05) is 39.3 Å². The van der Waals surface area contributed by atoms with Crippen molar-refractivity contribution >= 4 is 23.2 Å². The summed E-state index contributed by atoms with van der Waals surface area (Å²) in [6.45, 7) is 8.17. The highest BCUT2D eigenvalue weighted by Gasteiger charge is 2.23. The van der Waals surface area contributed by atoms with Gasteiger partial charge in [-0.05, 0) is 25.3 Å². The molecule has 26 heavy (non-hydrogen) atoms. The maximum Gasteiger partial charge on any atom is 0.252 e. The molecule has 7 nitrogen and oxygen atoms in total. The van der Waals surface area contributed by atoms with Gasteiger partial charge >= 0.3 is 0 Å². The van der Waals surface area contributed by atoms with Crippen LogP contribution in [0.3, 0.4) is 0 Å². The van der Waals surface area contributed by atoms with Crippen LogP contribution in [0.5, 0.6) is 0 Å². The molecule has 0 saturated carbocycles. The number of nitrogens with zero attached hydrogens (tertiary/aromatic N) is 3. The summed E-state index contributed by atoms with van der Waals surface area (Å²) >= 11 is 1.52. The van der Waals surface area contributed by atoms with Crippen LogP contribution >= 0.6 is 11.3 Å². The second kappa shape index (κ2) is 8.46. The smallest absolute Gasteiger partial charge is 0.252 e. The zero-order chi connectivity index (χ0) is 18.5. The minimum atomic E-state index is -0.0282. The van der Waals surface area contributed by atoms with Gasteiger partial charge in [-0.25, -0.2) is 0 Å². The lowest BCUT2D eigenvalue weighted by Crippen LogP contribution is -2.50. The number of aryl methyl sites for hydroxylation is 2. The number of aromatic nitrogens is 1. The molecule has 2 aromatic rings. The van der Waals surface area contributed by atoms with E-state index in [0.717, 1.165) is 36.7 Å². The molecule has 1 saturated heterocycles. The van der Waals surface area contributed by atoms with Crippen molar-refractivity contribution in [2.45, 2.75) is 20.3 Å². The number of hydrogen-bond donors (Lipinski definition) is 1. The second-order valence-electron chi connectivity index (χ2n) is 6.47. The summed E-state index contributed by atoms with van der Waals surface area (Å²) in [5.41, 5.74) is 2.40. The van der Waals surface area contributed by atoms with Crippen molar-refractivity contribution < 1.29 is 14.1 Å². The van der Waals surface area contributed by atoms with Gasteiger partial charge in [0.2, 0.25) is 5.91 Å². The molecule has 1 N–H and O–H groups in total. The van der Waals surface area contributed by atoms with Crippen LogP contribution in [-0.4, -0.2) is 66.0 Å². The number of nitrogens with one attached hydrogen (secondary N) is 1. The van der Waals surface area contributed by atoms with Gasteiger partial charge in [0.1, 0.15) is 5.76 Å². The van der Waals surface area contributed by atoms with Gasteiger partial charge in [0.15, 0.2) is 0 Å². The summed E-state index contributed by atoms with van der Waals surface area (Å²) in [7, 11) is 0. The highest BCUT2D eigenvalue weighted by atomic mass is 32.1. The minimum Gasteiger partial charge on any atom is -0.361 e. The summed E-state index contributed by atoms with van der Waals surface area (Å²) < 4.78 is 5.13. The van der Waals surface area contributed by atoms with Crippen LogP contribution in [0.4, 0.5) is 0 Å². The van der Waals surface area contributed by atoms with Crippen LogP contribution in [0.15, 0.2) is 21.3 Å². The third kappa shape index (κ3) is 4.50. The summed E-state index contributed by atoms with van der Waals surface area (Å²) in [6.07, 6.45) is 0.345. The molecule has 2 aromatic heterocycles. The van der Waals surface area contributed by atoms with Gasteiger partial charge in [0, 0.05) is 55.8 Å². The van der Waals surface area contributed by atoms with Crippen LogP contribution < -0.4 is 5.32 Å². The van der Waals surface area contributed by atoms with Gasteiger partial charge in [-0.1, -0.05) is 5.16 Å². The van der Waals surface area contributed by atoms with E-state index >= 15 is 0 Å². The Balaban J connectivity index is 1.38. The van der Waals surface area contributed by atoms with E-state index in [2.05, 4.69) is 15.4 Å². The molecule has 0 aromatic carbocycles. The third-order valence-corrected chi connectivity index (χ3v) is 5.41. The Bertz CT molecular complexity index is 729. The van der Waals surface area contributed by atoms with Crippen molar-refractivity contribution in [2.24, 2.45) is 0 Å². The van der Waals surface area contributed by atoms with Gasteiger partial charge in [0.05, 0.1) is 12.1 Å². The molecule has 1 aliphatic rings. The van der Waals surface area contributed by atoms with Gasteiger partial charge in [-0.3, -0.25) is 14.5 Å². The van der Waals surface area contributed by atoms with E-state index in [1.54, 1.807) is 0 Å². The van der Waals surface area contributed by atoms with Crippen molar-refractivity contribution in [3.05, 3.63) is 39.4 Å². The standard InChI is InChI=1S/C18H24N4O3S/c1-13-16(14(2)25-20-13)11-17(23)22-8-6-21(7-9-22)5-4-19-18(24)15-3-10-26-12-15/h3,10,12H,4-9,11H2,1-2H3,(H,19,24). The zero-order valence-electron chi connectivity index (χ0n) is 15.2. The van der Waals surface area contributed by atoms with Crippen molar-refractivity contribution in [1.29, 1.82) is 0 Å². The van der Waals surface area contributed by atoms with E-state index < -0.39 is 0 Å². The molecule has 0 spiro atoms. The molecule has 1 aliphatic heterocycles. The first-order valence-corrected chi connectivity index (χ1v) is 9.71. The van der Waals surface area contributed by atoms with E-state index in [9.17, 15) is 9.59 Å². The quantitative estimate of drug-likeness (QED) is 0.826. The Morgan fingerprint density at radius 2 is 2.04 bits per heavy atom. The third-order valence-electron chi connectivity index (χ3n) is 4.73. The van der Waals surface area contributed by atoms with Crippen LogP contribution in [0.25, 0.3) is 0 Å². The van der Waals surface area contributed by atoms with Crippen LogP contribution in [0.1, 0.15) is 27.4 Å². The SMILES string of the molecule is Cc1noc(C)c1CC(=O)N1CCN(CCNC(=O)c2ccsc2)CC1. The number of hydrogen-bond acceptors (Lipinski definition) is 6. The predicted molar refractivity (Wildman–Crippen MR) is 99.4 cm³/mol. The molecule has 8 heteroatoms. The van der Waals surface area contributed by atoms with Gasteiger partial charge < -0.3 is 14.7 Å². The fourth-order valence-electron chi connectivity index (χ4n) is 3.06. The van der Waals surface area contributed by atoms with Gasteiger partial charge in [0.25, 0.3) is 5.91 Å². The number of rotatable bonds is 6. The molecule has 1 fully saturated rings. The number of carbonyl (C=O) groups is 2. The first-order chi connectivity index (χ1) is 12.5. The fraction of sp³-hybridized carbons (Fsp3) is 0.500. The van der Waals surface area contributed by atoms with E-state index in [-0.39, 0.29) is 11.8 Å². The summed E-state index contributed by atoms with van der Waals surface area (Å²) in [6, 6.07) is 1.82. The van der Waals surface area contributed by atoms with Crippen LogP contribution in [-0.2, 0) is 11.2 Å². The monoisotopic (exact) mass is 376 g/mol. The van der Waals surface area contributed by atoms with Crippen LogP contribution in [0.2, 0.25) is 0 Å². The second-order valence-corrected chi connectivity index (χ2v) is 7.25. The summed E-state index contributed by atoms with van der Waals surface area (Å²) in [4.78, 5) is 28.6. The number of carbonyl (C=O) groups excluding carboxylic acids is 2. The molecule has 0 bridgehead atoms. The zero-order valence-corrected chi connectivity index (χ0v) is 16.0. The lowest BCUT2D eigenvalue weighted by atomic mass is 10.1. The summed E-state index contributed by atoms with van der Waals surface area (Å²) in [5.74, 6) is 0.806. The number of piperazine rings is 1. The van der Waals surface area contributed by atoms with Gasteiger partial charge in [-0.15, -0.1) is 0 Å². The van der Waals surface area contributed by atoms with Gasteiger partial charge in [-0.2, -0.15) is 11.3 Å². The normalized spacial score (nSPS) is 15.2. The predicted octanol–water partition coefficient (Wildman–Crippen LogP) is 1.47. The molecule has 3 heterocycles. The van der Waals surface area contributed by atoms with E-state index in [1.165, 1.54) is 11.3 Å². The molecular weight excluding hydrogens is 352 g/mol. The highest BCUT2D eigenvalue weighted by molar-refractivity contribution is 7.08. The molecule has 0 aliphatic carbocycles. The fourth-order valence-corrected chi connectivity index (χ4v) is 3.70. The van der Waals surface area contributed by atoms with Crippen molar-refractivity contribution in [3.63, 3.8) is 0 Å². The maximum absolute atomic E-state index is 12.5. The molecule has 0 atom stereocenters. The van der Waals surface area contributed by atoms with E-state index in [0.29, 0.717) is 31.6 Å². The topological polar surface area (TPSA) is 78.7 Å². The molecule has 3 rings (SSSR count). The molecule has 2 amide bonds. The maximum atomic E-state index is 12.5. The lowest BCUT2D eigenvalue weighted by Gasteiger charge is -2.34. The summed E-state index contributed by atoms with van der Waals surface area (Å²) in [5, 5.41) is 10.6. The van der Waals surface area contributed by atoms with Crippen LogP contribution in [0, 0.1) is 13.8 Å². The number of amides is 2. The first-order valence-electron chi connectivity index (χ1n) is 8.77. The Morgan fingerprint density at radius 3 is 2.65 bits per heavy atom. The molecular formula is C18H24N4O3S. The molecule has 0 radical (unpaired) electrons. The minimum absolute atomic E-state index is 0.0282. The Kier molecular flexibility index (Phi) is 6.05. The number of thiophene rings is 1. The first kappa shape index (κ1) is 18.6. The Morgan fingerprint density at radius 1 is 1.27 bits per heavy atom. The molecule has 140 valence electrons. The highest BCUT2D eigenvalue weighted by Crippen LogP contribution is 2.15. The lowest BCUT2D eigenvalue weighted by molar-refractivity contribution is -0.132. The largest absolute Gasteiger partial charge is 0.361 e. The van der Waals surface area contributed by atoms with Crippen molar-refractivity contribution in [3.8, 4) is 0 Å². The van der Waals surface area contributed by atoms with E-state index in [1.807, 2.05) is 35.6 Å². The average molecular weight is 376 g/mol.